The molecule has 2 atom stereocenters. The van der Waals surface area contributed by atoms with Gasteiger partial charge in [-0.25, -0.2) is 0 Å². The Morgan fingerprint density at radius 3 is 3.00 bits per heavy atom. The van der Waals surface area contributed by atoms with Gasteiger partial charge in [-0.05, 0) is 19.8 Å². The largest absolute Gasteiger partial charge is 0.376 e. The van der Waals surface area contributed by atoms with Crippen LogP contribution in [0.1, 0.15) is 19.8 Å². The van der Waals surface area contributed by atoms with Crippen LogP contribution < -0.4 is 5.32 Å². The van der Waals surface area contributed by atoms with Crippen LogP contribution in [0.5, 0.6) is 0 Å². The van der Waals surface area contributed by atoms with E-state index >= 15 is 0 Å². The zero-order valence-electron chi connectivity index (χ0n) is 6.72. The van der Waals surface area contributed by atoms with Gasteiger partial charge < -0.3 is 10.1 Å². The molecule has 2 heterocycles. The van der Waals surface area contributed by atoms with Crippen LogP contribution in [0.4, 0.5) is 0 Å². The first-order valence-electron chi connectivity index (χ1n) is 4.16. The standard InChI is InChI=1S/C8H13NOS/c1-6-8(3-5-10-6)7(11)2-4-9-8/h6,9H,2-5H2,1H3. The molecule has 0 aromatic carbocycles. The predicted molar refractivity (Wildman–Crippen MR) is 48.0 cm³/mol. The molecule has 62 valence electrons. The first-order chi connectivity index (χ1) is 5.26. The molecule has 0 aromatic rings. The molecule has 3 heteroatoms. The minimum Gasteiger partial charge on any atom is -0.376 e. The number of rotatable bonds is 0. The highest BCUT2D eigenvalue weighted by molar-refractivity contribution is 7.80. The van der Waals surface area contributed by atoms with E-state index in [1.807, 2.05) is 0 Å². The Bertz CT molecular complexity index is 191. The minimum atomic E-state index is 0.0648. The highest BCUT2D eigenvalue weighted by Gasteiger charge is 2.47. The second kappa shape index (κ2) is 2.51. The summed E-state index contributed by atoms with van der Waals surface area (Å²) < 4.78 is 5.51. The Labute approximate surface area is 72.3 Å². The molecule has 0 saturated carbocycles. The van der Waals surface area contributed by atoms with Crippen molar-refractivity contribution in [3.63, 3.8) is 0 Å². The lowest BCUT2D eigenvalue weighted by Crippen LogP contribution is -2.50. The van der Waals surface area contributed by atoms with E-state index in [0.717, 1.165) is 26.0 Å². The number of thiocarbonyl (C=S) groups is 1. The molecule has 0 radical (unpaired) electrons. The molecule has 2 saturated heterocycles. The minimum absolute atomic E-state index is 0.0648. The van der Waals surface area contributed by atoms with Gasteiger partial charge in [-0.3, -0.25) is 0 Å². The van der Waals surface area contributed by atoms with Gasteiger partial charge in [0.2, 0.25) is 0 Å². The van der Waals surface area contributed by atoms with Gasteiger partial charge in [0.1, 0.15) is 0 Å². The molecule has 2 nitrogen and oxygen atoms in total. The van der Waals surface area contributed by atoms with Crippen LogP contribution in [0, 0.1) is 0 Å². The molecule has 1 N–H and O–H groups in total. The average Bonchev–Trinajstić information content (AvgIpc) is 2.48. The zero-order valence-corrected chi connectivity index (χ0v) is 7.54. The van der Waals surface area contributed by atoms with Crippen molar-refractivity contribution < 1.29 is 4.74 Å². The van der Waals surface area contributed by atoms with E-state index in [2.05, 4.69) is 12.2 Å². The summed E-state index contributed by atoms with van der Waals surface area (Å²) in [4.78, 5) is 1.17. The van der Waals surface area contributed by atoms with Crippen LogP contribution in [0.3, 0.4) is 0 Å². The lowest BCUT2D eigenvalue weighted by Gasteiger charge is -2.27. The Balaban J connectivity index is 2.25. The lowest BCUT2D eigenvalue weighted by atomic mass is 9.90. The van der Waals surface area contributed by atoms with Crippen LogP contribution in [0.2, 0.25) is 0 Å². The number of nitrogens with one attached hydrogen (secondary N) is 1. The quantitative estimate of drug-likeness (QED) is 0.547. The first kappa shape index (κ1) is 7.65. The van der Waals surface area contributed by atoms with Crippen LogP contribution in [-0.4, -0.2) is 29.7 Å². The summed E-state index contributed by atoms with van der Waals surface area (Å²) in [5, 5.41) is 3.47. The van der Waals surface area contributed by atoms with Crippen molar-refractivity contribution in [2.24, 2.45) is 0 Å². The molecule has 2 unspecified atom stereocenters. The Morgan fingerprint density at radius 2 is 2.55 bits per heavy atom. The van der Waals surface area contributed by atoms with E-state index in [9.17, 15) is 0 Å². The van der Waals surface area contributed by atoms with E-state index in [1.165, 1.54) is 4.86 Å². The van der Waals surface area contributed by atoms with E-state index < -0.39 is 0 Å². The molecule has 0 amide bonds. The fourth-order valence-electron chi connectivity index (χ4n) is 2.06. The molecule has 11 heavy (non-hydrogen) atoms. The van der Waals surface area contributed by atoms with Crippen molar-refractivity contribution in [2.45, 2.75) is 31.4 Å². The molecule has 0 bridgehead atoms. The summed E-state index contributed by atoms with van der Waals surface area (Å²) in [6.45, 7) is 4.00. The number of hydrogen-bond acceptors (Lipinski definition) is 3. The monoisotopic (exact) mass is 171 g/mol. The van der Waals surface area contributed by atoms with Gasteiger partial charge in [0.15, 0.2) is 0 Å². The molecule has 2 rings (SSSR count). The smallest absolute Gasteiger partial charge is 0.0783 e. The third kappa shape index (κ3) is 0.949. The van der Waals surface area contributed by atoms with Gasteiger partial charge in [0.05, 0.1) is 11.6 Å². The molecular weight excluding hydrogens is 158 g/mol. The topological polar surface area (TPSA) is 21.3 Å². The zero-order chi connectivity index (χ0) is 7.90. The van der Waals surface area contributed by atoms with Crippen molar-refractivity contribution in [1.29, 1.82) is 0 Å². The summed E-state index contributed by atoms with van der Waals surface area (Å²) in [6.07, 6.45) is 2.38. The Morgan fingerprint density at radius 1 is 1.73 bits per heavy atom. The van der Waals surface area contributed by atoms with Gasteiger partial charge in [-0.15, -0.1) is 0 Å². The SMILES string of the molecule is CC1OCCC12NCCC2=S. The van der Waals surface area contributed by atoms with Crippen molar-refractivity contribution in [3.8, 4) is 0 Å². The first-order valence-corrected chi connectivity index (χ1v) is 4.56. The summed E-state index contributed by atoms with van der Waals surface area (Å²) in [6, 6.07) is 0. The Kier molecular flexibility index (Phi) is 1.74. The van der Waals surface area contributed by atoms with E-state index in [0.29, 0.717) is 0 Å². The third-order valence-electron chi connectivity index (χ3n) is 2.85. The molecule has 2 fully saturated rings. The van der Waals surface area contributed by atoms with Crippen LogP contribution in [-0.2, 0) is 4.74 Å². The summed E-state index contributed by atoms with van der Waals surface area (Å²) >= 11 is 5.33. The number of ether oxygens (including phenoxy) is 1. The number of hydrogen-bond donors (Lipinski definition) is 1. The van der Waals surface area contributed by atoms with Crippen LogP contribution in [0.15, 0.2) is 0 Å². The highest BCUT2D eigenvalue weighted by Crippen LogP contribution is 2.31. The van der Waals surface area contributed by atoms with Crippen LogP contribution >= 0.6 is 12.2 Å². The highest BCUT2D eigenvalue weighted by atomic mass is 32.1. The molecule has 2 aliphatic rings. The van der Waals surface area contributed by atoms with Gasteiger partial charge in [0.25, 0.3) is 0 Å². The summed E-state index contributed by atoms with van der Waals surface area (Å²) in [7, 11) is 0. The van der Waals surface area contributed by atoms with Gasteiger partial charge in [-0.1, -0.05) is 12.2 Å². The van der Waals surface area contributed by atoms with Crippen molar-refractivity contribution in [3.05, 3.63) is 0 Å². The summed E-state index contributed by atoms with van der Waals surface area (Å²) in [5.41, 5.74) is 0.0648. The van der Waals surface area contributed by atoms with Crippen LogP contribution in [0.25, 0.3) is 0 Å². The normalized spacial score (nSPS) is 44.1. The van der Waals surface area contributed by atoms with Crippen molar-refractivity contribution in [2.75, 3.05) is 13.2 Å². The molecule has 2 aliphatic heterocycles. The molecule has 1 spiro atoms. The molecular formula is C8H13NOS. The fourth-order valence-corrected chi connectivity index (χ4v) is 2.50. The molecule has 0 aromatic heterocycles. The van der Waals surface area contributed by atoms with Gasteiger partial charge in [-0.2, -0.15) is 0 Å². The lowest BCUT2D eigenvalue weighted by molar-refractivity contribution is 0.105. The van der Waals surface area contributed by atoms with Gasteiger partial charge in [0, 0.05) is 18.0 Å². The average molecular weight is 171 g/mol. The van der Waals surface area contributed by atoms with E-state index in [-0.39, 0.29) is 11.6 Å². The van der Waals surface area contributed by atoms with E-state index in [1.54, 1.807) is 0 Å². The maximum absolute atomic E-state index is 5.51. The van der Waals surface area contributed by atoms with Crippen molar-refractivity contribution >= 4 is 17.1 Å². The van der Waals surface area contributed by atoms with Gasteiger partial charge >= 0.3 is 0 Å². The summed E-state index contributed by atoms with van der Waals surface area (Å²) in [5.74, 6) is 0. The second-order valence-corrected chi connectivity index (χ2v) is 3.83. The maximum atomic E-state index is 5.51. The second-order valence-electron chi connectivity index (χ2n) is 3.33. The predicted octanol–water partition coefficient (Wildman–Crippen LogP) is 0.897. The Hall–Kier alpha value is 0.01000. The maximum Gasteiger partial charge on any atom is 0.0783 e. The molecule has 0 aliphatic carbocycles. The fraction of sp³-hybridized carbons (Fsp3) is 0.875. The van der Waals surface area contributed by atoms with E-state index in [4.69, 9.17) is 17.0 Å². The third-order valence-corrected chi connectivity index (χ3v) is 3.42. The van der Waals surface area contributed by atoms with Crippen molar-refractivity contribution in [1.82, 2.24) is 5.32 Å².